The van der Waals surface area contributed by atoms with E-state index in [0.29, 0.717) is 39.1 Å². The van der Waals surface area contributed by atoms with Gasteiger partial charge in [0.2, 0.25) is 5.91 Å². The number of amides is 1. The molecule has 0 unspecified atom stereocenters. The molecule has 5 heteroatoms. The summed E-state index contributed by atoms with van der Waals surface area (Å²) in [6, 6.07) is 0. The lowest BCUT2D eigenvalue weighted by atomic mass is 9.65. The fourth-order valence-electron chi connectivity index (χ4n) is 3.32. The Kier molecular flexibility index (Phi) is 3.60. The quantitative estimate of drug-likeness (QED) is 0.822. The van der Waals surface area contributed by atoms with Gasteiger partial charge in [0.1, 0.15) is 0 Å². The predicted molar refractivity (Wildman–Crippen MR) is 69.6 cm³/mol. The molecule has 1 amide bonds. The van der Waals surface area contributed by atoms with Gasteiger partial charge in [0.15, 0.2) is 0 Å². The third-order valence-electron chi connectivity index (χ3n) is 5.32. The lowest BCUT2D eigenvalue weighted by Crippen LogP contribution is -2.49. The van der Waals surface area contributed by atoms with Crippen molar-refractivity contribution in [1.29, 1.82) is 0 Å². The molecule has 1 heterocycles. The molecule has 0 spiro atoms. The van der Waals surface area contributed by atoms with Crippen LogP contribution in [0.25, 0.3) is 0 Å². The van der Waals surface area contributed by atoms with Crippen LogP contribution >= 0.6 is 0 Å². The molecule has 1 aliphatic carbocycles. The maximum absolute atomic E-state index is 12.6. The van der Waals surface area contributed by atoms with E-state index in [9.17, 15) is 14.7 Å². The van der Waals surface area contributed by atoms with Crippen molar-refractivity contribution in [2.24, 2.45) is 16.7 Å². The van der Waals surface area contributed by atoms with Crippen LogP contribution in [0.5, 0.6) is 0 Å². The van der Waals surface area contributed by atoms with Crippen molar-refractivity contribution in [2.45, 2.75) is 33.6 Å². The van der Waals surface area contributed by atoms with E-state index in [-0.39, 0.29) is 11.8 Å². The first kappa shape index (κ1) is 14.3. The molecule has 1 saturated carbocycles. The lowest BCUT2D eigenvalue weighted by molar-refractivity contribution is -0.157. The highest BCUT2D eigenvalue weighted by Gasteiger charge is 2.58. The van der Waals surface area contributed by atoms with Gasteiger partial charge in [0.25, 0.3) is 0 Å². The first-order valence-corrected chi connectivity index (χ1v) is 6.90. The minimum absolute atomic E-state index is 0.0956. The Hall–Kier alpha value is -1.10. The Labute approximate surface area is 113 Å². The molecule has 0 radical (unpaired) electrons. The number of carboxylic acid groups (broad SMARTS) is 1. The van der Waals surface area contributed by atoms with Crippen LogP contribution < -0.4 is 0 Å². The van der Waals surface area contributed by atoms with E-state index < -0.39 is 16.8 Å². The Morgan fingerprint density at radius 3 is 2.26 bits per heavy atom. The summed E-state index contributed by atoms with van der Waals surface area (Å²) >= 11 is 0. The largest absolute Gasteiger partial charge is 0.481 e. The second-order valence-corrected chi connectivity index (χ2v) is 6.39. The van der Waals surface area contributed by atoms with Crippen LogP contribution in [0.1, 0.15) is 33.6 Å². The summed E-state index contributed by atoms with van der Waals surface area (Å²) in [6.45, 7) is 7.99. The highest BCUT2D eigenvalue weighted by Crippen LogP contribution is 2.56. The first-order chi connectivity index (χ1) is 8.80. The van der Waals surface area contributed by atoms with Crippen molar-refractivity contribution >= 4 is 11.9 Å². The van der Waals surface area contributed by atoms with Gasteiger partial charge in [0, 0.05) is 19.0 Å². The fraction of sp³-hybridized carbons (Fsp3) is 0.857. The van der Waals surface area contributed by atoms with Crippen LogP contribution in [0.4, 0.5) is 0 Å². The maximum Gasteiger partial charge on any atom is 0.309 e. The van der Waals surface area contributed by atoms with Gasteiger partial charge in [-0.3, -0.25) is 9.59 Å². The summed E-state index contributed by atoms with van der Waals surface area (Å²) in [5, 5.41) is 9.47. The van der Waals surface area contributed by atoms with Gasteiger partial charge in [-0.15, -0.1) is 0 Å². The molecule has 1 aliphatic heterocycles. The summed E-state index contributed by atoms with van der Waals surface area (Å²) in [6.07, 6.45) is 1.22. The van der Waals surface area contributed by atoms with E-state index in [1.165, 1.54) is 0 Å². The van der Waals surface area contributed by atoms with Crippen molar-refractivity contribution in [2.75, 3.05) is 26.3 Å². The minimum Gasteiger partial charge on any atom is -0.481 e. The van der Waals surface area contributed by atoms with Crippen LogP contribution in [-0.2, 0) is 14.3 Å². The predicted octanol–water partition coefficient (Wildman–Crippen LogP) is 1.37. The van der Waals surface area contributed by atoms with Crippen molar-refractivity contribution in [1.82, 2.24) is 4.90 Å². The number of carboxylic acids is 1. The molecular formula is C14H23NO4. The summed E-state index contributed by atoms with van der Waals surface area (Å²) in [5.74, 6) is -0.903. The van der Waals surface area contributed by atoms with Gasteiger partial charge in [0.05, 0.1) is 18.6 Å². The van der Waals surface area contributed by atoms with Gasteiger partial charge >= 0.3 is 5.97 Å². The van der Waals surface area contributed by atoms with E-state index in [0.717, 1.165) is 0 Å². The van der Waals surface area contributed by atoms with Crippen LogP contribution in [-0.4, -0.2) is 48.2 Å². The molecule has 2 aliphatic rings. The third kappa shape index (κ3) is 2.14. The van der Waals surface area contributed by atoms with Crippen molar-refractivity contribution in [3.8, 4) is 0 Å². The standard InChI is InChI=1S/C14H23NO4/c1-13(2)10(4-5-14(13,3)12(17)18)11(16)15-6-8-19-9-7-15/h10H,4-9H2,1-3H3,(H,17,18)/t10-,14-/m1/s1. The lowest BCUT2D eigenvalue weighted by Gasteiger charge is -2.40. The van der Waals surface area contributed by atoms with Gasteiger partial charge in [-0.25, -0.2) is 0 Å². The molecule has 0 bridgehead atoms. The molecule has 0 aromatic heterocycles. The number of hydrogen-bond acceptors (Lipinski definition) is 3. The van der Waals surface area contributed by atoms with Gasteiger partial charge in [-0.2, -0.15) is 0 Å². The van der Waals surface area contributed by atoms with Crippen LogP contribution in [0, 0.1) is 16.7 Å². The van der Waals surface area contributed by atoms with Crippen LogP contribution in [0.15, 0.2) is 0 Å². The molecule has 2 atom stereocenters. The Morgan fingerprint density at radius 2 is 1.79 bits per heavy atom. The number of carbonyl (C=O) groups excluding carboxylic acids is 1. The van der Waals surface area contributed by atoms with Crippen molar-refractivity contribution in [3.63, 3.8) is 0 Å². The summed E-state index contributed by atoms with van der Waals surface area (Å²) in [4.78, 5) is 26.0. The van der Waals surface area contributed by atoms with Gasteiger partial charge in [-0.05, 0) is 25.2 Å². The Morgan fingerprint density at radius 1 is 1.21 bits per heavy atom. The highest BCUT2D eigenvalue weighted by atomic mass is 16.5. The molecule has 0 aromatic rings. The topological polar surface area (TPSA) is 66.8 Å². The minimum atomic E-state index is -0.820. The smallest absolute Gasteiger partial charge is 0.309 e. The second kappa shape index (κ2) is 4.78. The van der Waals surface area contributed by atoms with E-state index >= 15 is 0 Å². The van der Waals surface area contributed by atoms with E-state index in [1.54, 1.807) is 6.92 Å². The molecule has 19 heavy (non-hydrogen) atoms. The number of nitrogens with zero attached hydrogens (tertiary/aromatic N) is 1. The van der Waals surface area contributed by atoms with Gasteiger partial charge < -0.3 is 14.7 Å². The average molecular weight is 269 g/mol. The number of morpholine rings is 1. The molecule has 2 rings (SSSR count). The number of carbonyl (C=O) groups is 2. The SMILES string of the molecule is CC1(C)[C@@H](C(=O)N2CCOCC2)CC[C@]1(C)C(=O)O. The summed E-state index contributed by atoms with van der Waals surface area (Å²) < 4.78 is 5.26. The summed E-state index contributed by atoms with van der Waals surface area (Å²) in [7, 11) is 0. The Bertz CT molecular complexity index is 387. The fourth-order valence-corrected chi connectivity index (χ4v) is 3.32. The second-order valence-electron chi connectivity index (χ2n) is 6.39. The molecular weight excluding hydrogens is 246 g/mol. The monoisotopic (exact) mass is 269 g/mol. The normalized spacial score (nSPS) is 34.3. The zero-order chi connectivity index (χ0) is 14.3. The Balaban J connectivity index is 2.17. The summed E-state index contributed by atoms with van der Waals surface area (Å²) in [5.41, 5.74) is -1.34. The molecule has 5 nitrogen and oxygen atoms in total. The number of aliphatic carboxylic acids is 1. The van der Waals surface area contributed by atoms with Gasteiger partial charge in [-0.1, -0.05) is 13.8 Å². The molecule has 108 valence electrons. The van der Waals surface area contributed by atoms with Crippen molar-refractivity contribution in [3.05, 3.63) is 0 Å². The van der Waals surface area contributed by atoms with E-state index in [1.807, 2.05) is 18.7 Å². The molecule has 1 N–H and O–H groups in total. The third-order valence-corrected chi connectivity index (χ3v) is 5.32. The highest BCUT2D eigenvalue weighted by molar-refractivity contribution is 5.84. The first-order valence-electron chi connectivity index (χ1n) is 6.90. The van der Waals surface area contributed by atoms with Crippen molar-refractivity contribution < 1.29 is 19.4 Å². The molecule has 0 aromatic carbocycles. The number of hydrogen-bond donors (Lipinski definition) is 1. The zero-order valence-corrected chi connectivity index (χ0v) is 11.9. The number of rotatable bonds is 2. The van der Waals surface area contributed by atoms with E-state index in [2.05, 4.69) is 0 Å². The maximum atomic E-state index is 12.6. The zero-order valence-electron chi connectivity index (χ0n) is 11.9. The molecule has 1 saturated heterocycles. The average Bonchev–Trinajstić information content (AvgIpc) is 2.62. The van der Waals surface area contributed by atoms with Crippen LogP contribution in [0.3, 0.4) is 0 Å². The number of ether oxygens (including phenoxy) is 1. The van der Waals surface area contributed by atoms with Crippen LogP contribution in [0.2, 0.25) is 0 Å². The van der Waals surface area contributed by atoms with E-state index in [4.69, 9.17) is 4.74 Å². The molecule has 2 fully saturated rings.